The lowest BCUT2D eigenvalue weighted by atomic mass is 9.73. The van der Waals surface area contributed by atoms with Crippen LogP contribution in [0.25, 0.3) is 0 Å². The molecule has 2 atom stereocenters. The molecule has 0 aromatic carbocycles. The largest absolute Gasteiger partial charge is 0.325 e. The van der Waals surface area contributed by atoms with Crippen LogP contribution in [0.2, 0.25) is 0 Å². The van der Waals surface area contributed by atoms with E-state index in [0.29, 0.717) is 11.3 Å². The maximum atomic E-state index is 12.8. The molecule has 22 heavy (non-hydrogen) atoms. The van der Waals surface area contributed by atoms with E-state index in [-0.39, 0.29) is 24.2 Å². The molecule has 1 N–H and O–H groups in total. The zero-order valence-corrected chi connectivity index (χ0v) is 13.7. The maximum Gasteiger partial charge on any atom is 0.325 e. The van der Waals surface area contributed by atoms with Crippen LogP contribution in [-0.2, 0) is 4.79 Å². The Bertz CT molecular complexity index is 639. The van der Waals surface area contributed by atoms with Crippen molar-refractivity contribution >= 4 is 29.1 Å². The Kier molecular flexibility index (Phi) is 3.80. The lowest BCUT2D eigenvalue weighted by molar-refractivity contribution is -0.133. The molecule has 1 saturated carbocycles. The molecule has 1 saturated heterocycles. The second kappa shape index (κ2) is 5.50. The number of nitrogens with one attached hydrogen (secondary N) is 1. The van der Waals surface area contributed by atoms with E-state index in [1.54, 1.807) is 6.07 Å². The van der Waals surface area contributed by atoms with E-state index in [1.165, 1.54) is 11.3 Å². The topological polar surface area (TPSA) is 66.5 Å². The number of thiophene rings is 1. The van der Waals surface area contributed by atoms with E-state index >= 15 is 0 Å². The highest BCUT2D eigenvalue weighted by Gasteiger charge is 2.55. The van der Waals surface area contributed by atoms with Gasteiger partial charge in [0.05, 0.1) is 11.4 Å². The summed E-state index contributed by atoms with van der Waals surface area (Å²) in [5.74, 6) is -0.296. The van der Waals surface area contributed by atoms with Crippen LogP contribution in [0.15, 0.2) is 12.1 Å². The summed E-state index contributed by atoms with van der Waals surface area (Å²) in [7, 11) is 0. The normalized spacial score (nSPS) is 28.3. The van der Waals surface area contributed by atoms with Crippen molar-refractivity contribution in [1.29, 1.82) is 0 Å². The van der Waals surface area contributed by atoms with Crippen molar-refractivity contribution in [1.82, 2.24) is 10.2 Å². The lowest BCUT2D eigenvalue weighted by Gasteiger charge is -2.36. The van der Waals surface area contributed by atoms with Gasteiger partial charge in [-0.3, -0.25) is 14.5 Å². The number of urea groups is 1. The minimum Gasteiger partial charge on any atom is -0.323 e. The molecule has 118 valence electrons. The molecule has 2 aliphatic rings. The summed E-state index contributed by atoms with van der Waals surface area (Å²) in [5, 5.41) is 2.87. The van der Waals surface area contributed by atoms with Gasteiger partial charge in [0.15, 0.2) is 5.78 Å². The number of imide groups is 1. The van der Waals surface area contributed by atoms with Crippen molar-refractivity contribution < 1.29 is 14.4 Å². The van der Waals surface area contributed by atoms with Crippen LogP contribution >= 0.6 is 11.3 Å². The Morgan fingerprint density at radius 2 is 2.18 bits per heavy atom. The molecule has 0 unspecified atom stereocenters. The third kappa shape index (κ3) is 2.35. The Balaban J connectivity index is 1.79. The zero-order chi connectivity index (χ0) is 15.9. The van der Waals surface area contributed by atoms with Gasteiger partial charge in [-0.2, -0.15) is 0 Å². The third-order valence-corrected chi connectivity index (χ3v) is 5.86. The summed E-state index contributed by atoms with van der Waals surface area (Å²) in [6, 6.07) is 3.19. The van der Waals surface area contributed by atoms with Gasteiger partial charge in [-0.05, 0) is 37.8 Å². The standard InChI is InChI=1S/C16H20N2O3S/c1-10-5-3-4-8-16(10)14(20)18(15(21)17-16)9-12(19)13-7-6-11(2)22-13/h6-7,10H,3-5,8-9H2,1-2H3,(H,17,21)/t10-,16+/m0/s1. The minimum absolute atomic E-state index is 0.113. The summed E-state index contributed by atoms with van der Waals surface area (Å²) in [6.45, 7) is 3.76. The van der Waals surface area contributed by atoms with E-state index in [4.69, 9.17) is 0 Å². The van der Waals surface area contributed by atoms with Crippen molar-refractivity contribution in [3.8, 4) is 0 Å². The first-order chi connectivity index (χ1) is 10.4. The summed E-state index contributed by atoms with van der Waals surface area (Å²) >= 11 is 1.39. The van der Waals surface area contributed by atoms with Crippen LogP contribution in [0.5, 0.6) is 0 Å². The Hall–Kier alpha value is -1.69. The van der Waals surface area contributed by atoms with E-state index in [2.05, 4.69) is 5.32 Å². The average molecular weight is 320 g/mol. The fraction of sp³-hybridized carbons (Fsp3) is 0.562. The van der Waals surface area contributed by atoms with Gasteiger partial charge in [-0.15, -0.1) is 11.3 Å². The number of aryl methyl sites for hydroxylation is 1. The molecule has 1 aromatic rings. The molecule has 1 aliphatic heterocycles. The predicted molar refractivity (Wildman–Crippen MR) is 84.0 cm³/mol. The molecule has 2 heterocycles. The van der Waals surface area contributed by atoms with Crippen LogP contribution in [0.1, 0.15) is 47.2 Å². The minimum atomic E-state index is -0.791. The van der Waals surface area contributed by atoms with Gasteiger partial charge in [-0.25, -0.2) is 4.79 Å². The summed E-state index contributed by atoms with van der Waals surface area (Å²) in [5.41, 5.74) is -0.791. The molecule has 1 aromatic heterocycles. The number of Topliss-reactive ketones (excluding diaryl/α,β-unsaturated/α-hetero) is 1. The second-order valence-corrected chi connectivity index (χ2v) is 7.56. The number of carbonyl (C=O) groups is 3. The van der Waals surface area contributed by atoms with Gasteiger partial charge in [0.1, 0.15) is 5.54 Å². The van der Waals surface area contributed by atoms with E-state index in [1.807, 2.05) is 19.9 Å². The monoisotopic (exact) mass is 320 g/mol. The first kappa shape index (κ1) is 15.2. The van der Waals surface area contributed by atoms with Crippen LogP contribution in [-0.4, -0.2) is 34.7 Å². The highest BCUT2D eigenvalue weighted by atomic mass is 32.1. The number of amides is 3. The smallest absolute Gasteiger partial charge is 0.323 e. The van der Waals surface area contributed by atoms with Crippen molar-refractivity contribution in [3.05, 3.63) is 21.9 Å². The van der Waals surface area contributed by atoms with E-state index in [9.17, 15) is 14.4 Å². The number of ketones is 1. The molecule has 0 radical (unpaired) electrons. The van der Waals surface area contributed by atoms with Gasteiger partial charge < -0.3 is 5.32 Å². The first-order valence-electron chi connectivity index (χ1n) is 7.68. The molecule has 5 nitrogen and oxygen atoms in total. The lowest BCUT2D eigenvalue weighted by Crippen LogP contribution is -2.54. The quantitative estimate of drug-likeness (QED) is 0.688. The molecule has 0 bridgehead atoms. The zero-order valence-electron chi connectivity index (χ0n) is 12.8. The fourth-order valence-electron chi connectivity index (χ4n) is 3.44. The molecule has 3 rings (SSSR count). The van der Waals surface area contributed by atoms with Gasteiger partial charge in [0.2, 0.25) is 0 Å². The van der Waals surface area contributed by atoms with Crippen LogP contribution in [0.3, 0.4) is 0 Å². The number of hydrogen-bond acceptors (Lipinski definition) is 4. The van der Waals surface area contributed by atoms with Gasteiger partial charge in [0.25, 0.3) is 5.91 Å². The Morgan fingerprint density at radius 3 is 2.82 bits per heavy atom. The molecule has 1 spiro atoms. The van der Waals surface area contributed by atoms with Crippen LogP contribution in [0, 0.1) is 12.8 Å². The highest BCUT2D eigenvalue weighted by Crippen LogP contribution is 2.38. The van der Waals surface area contributed by atoms with Gasteiger partial charge in [-0.1, -0.05) is 19.8 Å². The summed E-state index contributed by atoms with van der Waals surface area (Å²) < 4.78 is 0. The molecular formula is C16H20N2O3S. The fourth-order valence-corrected chi connectivity index (χ4v) is 4.24. The molecule has 1 aliphatic carbocycles. The molecular weight excluding hydrogens is 300 g/mol. The Labute approximate surface area is 133 Å². The van der Waals surface area contributed by atoms with Crippen LogP contribution in [0.4, 0.5) is 4.79 Å². The van der Waals surface area contributed by atoms with Crippen molar-refractivity contribution in [3.63, 3.8) is 0 Å². The first-order valence-corrected chi connectivity index (χ1v) is 8.49. The van der Waals surface area contributed by atoms with Gasteiger partial charge >= 0.3 is 6.03 Å². The molecule has 6 heteroatoms. The number of hydrogen-bond donors (Lipinski definition) is 1. The Morgan fingerprint density at radius 1 is 1.41 bits per heavy atom. The maximum absolute atomic E-state index is 12.8. The molecule has 2 fully saturated rings. The highest BCUT2D eigenvalue weighted by molar-refractivity contribution is 7.14. The SMILES string of the molecule is Cc1ccc(C(=O)CN2C(=O)N[C@@]3(CCCC[C@@H]3C)C2=O)s1. The van der Waals surface area contributed by atoms with E-state index in [0.717, 1.165) is 29.0 Å². The van der Waals surface area contributed by atoms with Crippen LogP contribution < -0.4 is 5.32 Å². The van der Waals surface area contributed by atoms with Crippen molar-refractivity contribution in [2.75, 3.05) is 6.54 Å². The van der Waals surface area contributed by atoms with Gasteiger partial charge in [0, 0.05) is 4.88 Å². The third-order valence-electron chi connectivity index (χ3n) is 4.82. The number of nitrogens with zero attached hydrogens (tertiary/aromatic N) is 1. The number of carbonyl (C=O) groups excluding carboxylic acids is 3. The second-order valence-electron chi connectivity index (χ2n) is 6.27. The summed E-state index contributed by atoms with van der Waals surface area (Å²) in [6.07, 6.45) is 3.61. The predicted octanol–water partition coefficient (Wildman–Crippen LogP) is 2.74. The number of rotatable bonds is 3. The molecule has 3 amide bonds. The summed E-state index contributed by atoms with van der Waals surface area (Å²) in [4.78, 5) is 40.0. The average Bonchev–Trinajstić information content (AvgIpc) is 3.01. The van der Waals surface area contributed by atoms with E-state index < -0.39 is 11.6 Å². The van der Waals surface area contributed by atoms with Crippen molar-refractivity contribution in [2.45, 2.75) is 45.1 Å². The van der Waals surface area contributed by atoms with Crippen molar-refractivity contribution in [2.24, 2.45) is 5.92 Å².